The molecule has 1 aliphatic rings. The van der Waals surface area contributed by atoms with Crippen molar-refractivity contribution in [2.24, 2.45) is 0 Å². The zero-order valence-electron chi connectivity index (χ0n) is 16.1. The van der Waals surface area contributed by atoms with Crippen LogP contribution < -0.4 is 9.80 Å². The van der Waals surface area contributed by atoms with Gasteiger partial charge in [-0.05, 0) is 42.0 Å². The zero-order chi connectivity index (χ0) is 19.9. The maximum absolute atomic E-state index is 12.5. The number of rotatable bonds is 6. The van der Waals surface area contributed by atoms with Gasteiger partial charge in [0.25, 0.3) is 5.91 Å². The van der Waals surface area contributed by atoms with Gasteiger partial charge in [0.15, 0.2) is 0 Å². The molecule has 0 unspecified atom stereocenters. The summed E-state index contributed by atoms with van der Waals surface area (Å²) >= 11 is 0. The monoisotopic (exact) mass is 384 g/mol. The Bertz CT molecular complexity index is 838. The number of likely N-dealkylation sites (N-methyl/N-ethyl adjacent to an activating group) is 1. The summed E-state index contributed by atoms with van der Waals surface area (Å²) in [6, 6.07) is 9.22. The van der Waals surface area contributed by atoms with Gasteiger partial charge in [0.1, 0.15) is 5.76 Å². The number of benzene rings is 1. The molecule has 1 fully saturated rings. The quantitative estimate of drug-likeness (QED) is 0.563. The molecule has 1 aromatic heterocycles. The van der Waals surface area contributed by atoms with Gasteiger partial charge >= 0.3 is 5.97 Å². The third kappa shape index (κ3) is 4.80. The number of carbonyl (C=O) groups excluding carboxylic acids is 2. The molecule has 0 aliphatic carbocycles. The molecule has 2 heterocycles. The molecule has 2 aromatic rings. The number of anilines is 2. The SMILES string of the molecule is COC(=O)Cc1cc(N(C)C(=O)/C=C/c2ccco2)ccc1N1CCOCC1. The molecule has 0 radical (unpaired) electrons. The molecular weight excluding hydrogens is 360 g/mol. The van der Waals surface area contributed by atoms with E-state index in [2.05, 4.69) is 4.90 Å². The molecule has 1 amide bonds. The summed E-state index contributed by atoms with van der Waals surface area (Å²) in [5, 5.41) is 0. The van der Waals surface area contributed by atoms with Crippen molar-refractivity contribution in [2.45, 2.75) is 6.42 Å². The van der Waals surface area contributed by atoms with Crippen LogP contribution in [0.15, 0.2) is 47.1 Å². The lowest BCUT2D eigenvalue weighted by Crippen LogP contribution is -2.37. The van der Waals surface area contributed by atoms with E-state index in [1.165, 1.54) is 18.1 Å². The van der Waals surface area contributed by atoms with Gasteiger partial charge in [0.2, 0.25) is 0 Å². The number of methoxy groups -OCH3 is 1. The number of carbonyl (C=O) groups is 2. The molecule has 7 heteroatoms. The van der Waals surface area contributed by atoms with Gasteiger partial charge in [0.05, 0.1) is 33.0 Å². The van der Waals surface area contributed by atoms with Gasteiger partial charge in [-0.15, -0.1) is 0 Å². The Morgan fingerprint density at radius 3 is 2.71 bits per heavy atom. The average Bonchev–Trinajstić information content (AvgIpc) is 3.25. The van der Waals surface area contributed by atoms with Crippen LogP contribution in [0.25, 0.3) is 6.08 Å². The minimum atomic E-state index is -0.321. The first-order chi connectivity index (χ1) is 13.6. The summed E-state index contributed by atoms with van der Waals surface area (Å²) < 4.78 is 15.5. The highest BCUT2D eigenvalue weighted by atomic mass is 16.5. The van der Waals surface area contributed by atoms with Gasteiger partial charge in [-0.2, -0.15) is 0 Å². The Balaban J connectivity index is 1.82. The highest BCUT2D eigenvalue weighted by molar-refractivity contribution is 6.03. The highest BCUT2D eigenvalue weighted by Crippen LogP contribution is 2.28. The van der Waals surface area contributed by atoms with E-state index in [0.717, 1.165) is 24.3 Å². The molecule has 28 heavy (non-hydrogen) atoms. The molecule has 0 bridgehead atoms. The Morgan fingerprint density at radius 1 is 1.25 bits per heavy atom. The van der Waals surface area contributed by atoms with Crippen LogP contribution in [0.3, 0.4) is 0 Å². The number of morpholine rings is 1. The van der Waals surface area contributed by atoms with Crippen molar-refractivity contribution in [1.82, 2.24) is 0 Å². The van der Waals surface area contributed by atoms with Crippen molar-refractivity contribution in [3.63, 3.8) is 0 Å². The van der Waals surface area contributed by atoms with Gasteiger partial charge in [0, 0.05) is 37.6 Å². The molecular formula is C21H24N2O5. The topological polar surface area (TPSA) is 72.2 Å². The predicted octanol–water partition coefficient (Wildman–Crippen LogP) is 2.51. The fourth-order valence-corrected chi connectivity index (χ4v) is 3.04. The van der Waals surface area contributed by atoms with Crippen LogP contribution in [-0.4, -0.2) is 52.3 Å². The van der Waals surface area contributed by atoms with E-state index in [9.17, 15) is 9.59 Å². The molecule has 0 N–H and O–H groups in total. The van der Waals surface area contributed by atoms with Crippen molar-refractivity contribution >= 4 is 29.3 Å². The summed E-state index contributed by atoms with van der Waals surface area (Å²) in [5.41, 5.74) is 2.48. The van der Waals surface area contributed by atoms with E-state index < -0.39 is 0 Å². The number of esters is 1. The highest BCUT2D eigenvalue weighted by Gasteiger charge is 2.19. The Hall–Kier alpha value is -3.06. The van der Waals surface area contributed by atoms with E-state index >= 15 is 0 Å². The second-order valence-corrected chi connectivity index (χ2v) is 6.41. The normalized spacial score (nSPS) is 14.3. The first kappa shape index (κ1) is 19.7. The van der Waals surface area contributed by atoms with Crippen molar-refractivity contribution in [3.8, 4) is 0 Å². The van der Waals surface area contributed by atoms with Crippen LogP contribution in [0.2, 0.25) is 0 Å². The number of ether oxygens (including phenoxy) is 2. The van der Waals surface area contributed by atoms with Crippen LogP contribution >= 0.6 is 0 Å². The maximum Gasteiger partial charge on any atom is 0.310 e. The third-order valence-electron chi connectivity index (χ3n) is 4.63. The van der Waals surface area contributed by atoms with Gasteiger partial charge in [-0.1, -0.05) is 0 Å². The number of furan rings is 1. The van der Waals surface area contributed by atoms with Crippen molar-refractivity contribution < 1.29 is 23.5 Å². The molecule has 1 aliphatic heterocycles. The van der Waals surface area contributed by atoms with Crippen LogP contribution in [0.4, 0.5) is 11.4 Å². The van der Waals surface area contributed by atoms with Gasteiger partial charge in [-0.3, -0.25) is 9.59 Å². The van der Waals surface area contributed by atoms with E-state index in [0.29, 0.717) is 24.7 Å². The lowest BCUT2D eigenvalue weighted by atomic mass is 10.1. The molecule has 7 nitrogen and oxygen atoms in total. The summed E-state index contributed by atoms with van der Waals surface area (Å²) in [6.07, 6.45) is 4.77. The third-order valence-corrected chi connectivity index (χ3v) is 4.63. The van der Waals surface area contributed by atoms with Crippen molar-refractivity contribution in [1.29, 1.82) is 0 Å². The first-order valence-electron chi connectivity index (χ1n) is 9.10. The summed E-state index contributed by atoms with van der Waals surface area (Å²) in [6.45, 7) is 2.81. The molecule has 1 aromatic carbocycles. The molecule has 148 valence electrons. The molecule has 1 saturated heterocycles. The van der Waals surface area contributed by atoms with E-state index in [-0.39, 0.29) is 18.3 Å². The minimum absolute atomic E-state index is 0.140. The Kier molecular flexibility index (Phi) is 6.49. The molecule has 0 atom stereocenters. The Morgan fingerprint density at radius 2 is 2.04 bits per heavy atom. The van der Waals surface area contributed by atoms with Crippen molar-refractivity contribution in [2.75, 3.05) is 50.3 Å². The lowest BCUT2D eigenvalue weighted by Gasteiger charge is -2.31. The van der Waals surface area contributed by atoms with Crippen LogP contribution in [0.1, 0.15) is 11.3 Å². The standard InChI is InChI=1S/C21H24N2O5/c1-22(20(24)8-6-18-4-3-11-28-18)17-5-7-19(23-9-12-27-13-10-23)16(14-17)15-21(25)26-2/h3-8,11,14H,9-10,12-13,15H2,1-2H3/b8-6+. The fraction of sp³-hybridized carbons (Fsp3) is 0.333. The number of amides is 1. The zero-order valence-corrected chi connectivity index (χ0v) is 16.1. The number of nitrogens with zero attached hydrogens (tertiary/aromatic N) is 2. The number of hydrogen-bond donors (Lipinski definition) is 0. The van der Waals surface area contributed by atoms with E-state index in [4.69, 9.17) is 13.9 Å². The predicted molar refractivity (Wildman–Crippen MR) is 106 cm³/mol. The van der Waals surface area contributed by atoms with Crippen molar-refractivity contribution in [3.05, 3.63) is 54.0 Å². The maximum atomic E-state index is 12.5. The van der Waals surface area contributed by atoms with E-state index in [1.807, 2.05) is 18.2 Å². The summed E-state index contributed by atoms with van der Waals surface area (Å²) in [7, 11) is 3.07. The second-order valence-electron chi connectivity index (χ2n) is 6.41. The average molecular weight is 384 g/mol. The van der Waals surface area contributed by atoms with E-state index in [1.54, 1.807) is 31.5 Å². The van der Waals surface area contributed by atoms with Crippen LogP contribution in [0, 0.1) is 0 Å². The molecule has 0 spiro atoms. The number of hydrogen-bond acceptors (Lipinski definition) is 6. The smallest absolute Gasteiger partial charge is 0.310 e. The van der Waals surface area contributed by atoms with Gasteiger partial charge < -0.3 is 23.7 Å². The lowest BCUT2D eigenvalue weighted by molar-refractivity contribution is -0.139. The molecule has 0 saturated carbocycles. The minimum Gasteiger partial charge on any atom is -0.469 e. The largest absolute Gasteiger partial charge is 0.469 e. The summed E-state index contributed by atoms with van der Waals surface area (Å²) in [5.74, 6) is 0.0914. The molecule has 3 rings (SSSR count). The Labute approximate surface area is 164 Å². The first-order valence-corrected chi connectivity index (χ1v) is 9.10. The van der Waals surface area contributed by atoms with Gasteiger partial charge in [-0.25, -0.2) is 0 Å². The fourth-order valence-electron chi connectivity index (χ4n) is 3.04. The second kappa shape index (κ2) is 9.23. The summed E-state index contributed by atoms with van der Waals surface area (Å²) in [4.78, 5) is 28.1. The van der Waals surface area contributed by atoms with Crippen LogP contribution in [0.5, 0.6) is 0 Å². The van der Waals surface area contributed by atoms with Crippen LogP contribution in [-0.2, 0) is 25.5 Å².